The van der Waals surface area contributed by atoms with Gasteiger partial charge in [-0.3, -0.25) is 0 Å². The third-order valence-corrected chi connectivity index (χ3v) is 3.08. The number of hydrogen-bond acceptors (Lipinski definition) is 2. The fourth-order valence-corrected chi connectivity index (χ4v) is 2.08. The van der Waals surface area contributed by atoms with Crippen molar-refractivity contribution in [3.05, 3.63) is 29.6 Å². The van der Waals surface area contributed by atoms with Crippen molar-refractivity contribution in [2.45, 2.75) is 44.8 Å². The van der Waals surface area contributed by atoms with Crippen molar-refractivity contribution >= 4 is 0 Å². The van der Waals surface area contributed by atoms with E-state index >= 15 is 0 Å². The largest absolute Gasteiger partial charge is 0.488 e. The van der Waals surface area contributed by atoms with Crippen LogP contribution < -0.4 is 4.74 Å². The lowest BCUT2D eigenvalue weighted by atomic mass is 9.95. The summed E-state index contributed by atoms with van der Waals surface area (Å²) in [6, 6.07) is 4.69. The van der Waals surface area contributed by atoms with Gasteiger partial charge in [-0.15, -0.1) is 0 Å². The summed E-state index contributed by atoms with van der Waals surface area (Å²) in [4.78, 5) is 0. The van der Waals surface area contributed by atoms with Crippen molar-refractivity contribution in [3.8, 4) is 5.75 Å². The quantitative estimate of drug-likeness (QED) is 0.837. The molecule has 0 aromatic heterocycles. The smallest absolute Gasteiger partial charge is 0.126 e. The molecule has 1 aromatic rings. The maximum absolute atomic E-state index is 13.0. The number of ether oxygens (including phenoxy) is 1. The van der Waals surface area contributed by atoms with Crippen molar-refractivity contribution in [1.29, 1.82) is 0 Å². The van der Waals surface area contributed by atoms with E-state index in [1.807, 2.05) is 0 Å². The minimum absolute atomic E-state index is 0.140. The van der Waals surface area contributed by atoms with Crippen LogP contribution in [-0.4, -0.2) is 17.3 Å². The minimum atomic E-state index is -0.390. The predicted octanol–water partition coefficient (Wildman–Crippen LogP) is 2.82. The summed E-state index contributed by atoms with van der Waals surface area (Å²) >= 11 is 0. The summed E-state index contributed by atoms with van der Waals surface area (Å²) < 4.78 is 18.7. The van der Waals surface area contributed by atoms with E-state index in [0.29, 0.717) is 11.3 Å². The van der Waals surface area contributed by atoms with Crippen LogP contribution >= 0.6 is 0 Å². The monoisotopic (exact) mass is 224 g/mol. The van der Waals surface area contributed by atoms with Gasteiger partial charge in [-0.2, -0.15) is 0 Å². The second kappa shape index (κ2) is 4.83. The topological polar surface area (TPSA) is 29.5 Å². The Morgan fingerprint density at radius 3 is 2.75 bits per heavy atom. The number of aliphatic hydroxyl groups excluding tert-OH is 1. The molecule has 1 aromatic carbocycles. The molecule has 1 N–H and O–H groups in total. The molecule has 2 atom stereocenters. The van der Waals surface area contributed by atoms with E-state index in [1.54, 1.807) is 19.1 Å². The van der Waals surface area contributed by atoms with E-state index in [2.05, 4.69) is 0 Å². The Labute approximate surface area is 95.1 Å². The Morgan fingerprint density at radius 2 is 2.06 bits per heavy atom. The molecule has 2 nitrogen and oxygen atoms in total. The zero-order chi connectivity index (χ0) is 11.5. The van der Waals surface area contributed by atoms with E-state index in [1.165, 1.54) is 6.07 Å². The van der Waals surface area contributed by atoms with Gasteiger partial charge in [-0.1, -0.05) is 6.42 Å². The van der Waals surface area contributed by atoms with E-state index in [4.69, 9.17) is 4.74 Å². The number of rotatable bonds is 2. The number of halogens is 1. The first kappa shape index (κ1) is 11.4. The summed E-state index contributed by atoms with van der Waals surface area (Å²) in [5, 5.41) is 9.76. The molecule has 3 heteroatoms. The average molecular weight is 224 g/mol. The second-order valence-corrected chi connectivity index (χ2v) is 4.42. The van der Waals surface area contributed by atoms with Crippen LogP contribution in [0.2, 0.25) is 0 Å². The van der Waals surface area contributed by atoms with E-state index < -0.39 is 0 Å². The van der Waals surface area contributed by atoms with Gasteiger partial charge >= 0.3 is 0 Å². The van der Waals surface area contributed by atoms with Gasteiger partial charge in [0.25, 0.3) is 0 Å². The van der Waals surface area contributed by atoms with Gasteiger partial charge in [0.15, 0.2) is 0 Å². The number of aliphatic hydroxyl groups is 1. The molecular weight excluding hydrogens is 207 g/mol. The predicted molar refractivity (Wildman–Crippen MR) is 60.0 cm³/mol. The standard InChI is InChI=1S/C13H17FO2/c1-9-8-10(6-7-11(9)14)16-13-5-3-2-4-12(13)15/h6-8,12-13,15H,2-5H2,1H3/t12-,13-/m0/s1. The molecule has 0 heterocycles. The minimum Gasteiger partial charge on any atom is -0.488 e. The molecule has 0 amide bonds. The fraction of sp³-hybridized carbons (Fsp3) is 0.538. The Kier molecular flexibility index (Phi) is 3.44. The normalized spacial score (nSPS) is 25.4. The van der Waals surface area contributed by atoms with Crippen molar-refractivity contribution in [3.63, 3.8) is 0 Å². The summed E-state index contributed by atoms with van der Waals surface area (Å²) in [5.41, 5.74) is 0.572. The molecule has 0 aliphatic heterocycles. The third kappa shape index (κ3) is 2.53. The van der Waals surface area contributed by atoms with Crippen LogP contribution in [0.5, 0.6) is 5.75 Å². The van der Waals surface area contributed by atoms with Gasteiger partial charge in [0, 0.05) is 0 Å². The highest BCUT2D eigenvalue weighted by Crippen LogP contribution is 2.24. The van der Waals surface area contributed by atoms with Crippen molar-refractivity contribution in [1.82, 2.24) is 0 Å². The second-order valence-electron chi connectivity index (χ2n) is 4.42. The molecule has 1 fully saturated rings. The summed E-state index contributed by atoms with van der Waals surface area (Å²) in [7, 11) is 0. The molecule has 1 aliphatic carbocycles. The molecule has 0 unspecified atom stereocenters. The Balaban J connectivity index is 2.05. The van der Waals surface area contributed by atoms with E-state index in [9.17, 15) is 9.50 Å². The summed E-state index contributed by atoms with van der Waals surface area (Å²) in [5.74, 6) is 0.418. The maximum Gasteiger partial charge on any atom is 0.126 e. The average Bonchev–Trinajstić information content (AvgIpc) is 2.27. The zero-order valence-electron chi connectivity index (χ0n) is 9.45. The van der Waals surface area contributed by atoms with Crippen LogP contribution in [0.3, 0.4) is 0 Å². The maximum atomic E-state index is 13.0. The van der Waals surface area contributed by atoms with Gasteiger partial charge < -0.3 is 9.84 Å². The lowest BCUT2D eigenvalue weighted by molar-refractivity contribution is 0.00681. The SMILES string of the molecule is Cc1cc(O[C@H]2CCCC[C@@H]2O)ccc1F. The van der Waals surface area contributed by atoms with Crippen LogP contribution in [0.1, 0.15) is 31.2 Å². The molecule has 88 valence electrons. The summed E-state index contributed by atoms with van der Waals surface area (Å²) in [6.07, 6.45) is 3.28. The molecule has 2 rings (SSSR count). The number of benzene rings is 1. The van der Waals surface area contributed by atoms with Crippen LogP contribution in [0, 0.1) is 12.7 Å². The lowest BCUT2D eigenvalue weighted by Gasteiger charge is -2.28. The zero-order valence-corrected chi connectivity index (χ0v) is 9.45. The molecular formula is C13H17FO2. The molecule has 16 heavy (non-hydrogen) atoms. The van der Waals surface area contributed by atoms with Gasteiger partial charge in [0.05, 0.1) is 6.10 Å². The number of aryl methyl sites for hydroxylation is 1. The lowest BCUT2D eigenvalue weighted by Crippen LogP contribution is -2.34. The molecule has 1 saturated carbocycles. The summed E-state index contributed by atoms with van der Waals surface area (Å²) in [6.45, 7) is 1.71. The van der Waals surface area contributed by atoms with Crippen LogP contribution in [0.4, 0.5) is 4.39 Å². The number of hydrogen-bond donors (Lipinski definition) is 1. The highest BCUT2D eigenvalue weighted by molar-refractivity contribution is 5.29. The van der Waals surface area contributed by atoms with Crippen molar-refractivity contribution < 1.29 is 14.2 Å². The van der Waals surface area contributed by atoms with Gasteiger partial charge in [-0.25, -0.2) is 4.39 Å². The molecule has 0 bridgehead atoms. The highest BCUT2D eigenvalue weighted by atomic mass is 19.1. The fourth-order valence-electron chi connectivity index (χ4n) is 2.08. The van der Waals surface area contributed by atoms with Crippen molar-refractivity contribution in [2.75, 3.05) is 0 Å². The Morgan fingerprint density at radius 1 is 1.31 bits per heavy atom. The molecule has 1 aliphatic rings. The first-order valence-electron chi connectivity index (χ1n) is 5.77. The molecule has 0 saturated heterocycles. The Hall–Kier alpha value is -1.09. The van der Waals surface area contributed by atoms with Crippen LogP contribution in [0.15, 0.2) is 18.2 Å². The van der Waals surface area contributed by atoms with Crippen LogP contribution in [0.25, 0.3) is 0 Å². The van der Waals surface area contributed by atoms with Gasteiger partial charge in [-0.05, 0) is 49.9 Å². The Bertz CT molecular complexity index is 365. The van der Waals surface area contributed by atoms with E-state index in [0.717, 1.165) is 25.7 Å². The van der Waals surface area contributed by atoms with Crippen LogP contribution in [-0.2, 0) is 0 Å². The first-order chi connectivity index (χ1) is 7.66. The van der Waals surface area contributed by atoms with Gasteiger partial charge in [0.1, 0.15) is 17.7 Å². The molecule has 0 spiro atoms. The van der Waals surface area contributed by atoms with Crippen molar-refractivity contribution in [2.24, 2.45) is 0 Å². The van der Waals surface area contributed by atoms with E-state index in [-0.39, 0.29) is 18.0 Å². The molecule has 0 radical (unpaired) electrons. The highest BCUT2D eigenvalue weighted by Gasteiger charge is 2.24. The third-order valence-electron chi connectivity index (χ3n) is 3.08. The van der Waals surface area contributed by atoms with Gasteiger partial charge in [0.2, 0.25) is 0 Å². The first-order valence-corrected chi connectivity index (χ1v) is 5.77.